The van der Waals surface area contributed by atoms with Crippen molar-refractivity contribution in [3.8, 4) is 0 Å². The van der Waals surface area contributed by atoms with E-state index >= 15 is 0 Å². The standard InChI is InChI=1S/C2H2IOSi/c3-1-2(4)5/h1H2. The number of rotatable bonds is 1. The van der Waals surface area contributed by atoms with Gasteiger partial charge >= 0.3 is 0 Å². The Bertz CT molecular complexity index is 44.9. The molecule has 1 nitrogen and oxygen atoms in total. The van der Waals surface area contributed by atoms with Crippen molar-refractivity contribution in [2.45, 2.75) is 0 Å². The van der Waals surface area contributed by atoms with Crippen molar-refractivity contribution in [2.75, 3.05) is 4.43 Å². The van der Waals surface area contributed by atoms with Gasteiger partial charge in [-0.05, 0) is 0 Å². The van der Waals surface area contributed by atoms with Gasteiger partial charge in [0, 0.05) is 0 Å². The maximum Gasteiger partial charge on any atom is 0.127 e. The van der Waals surface area contributed by atoms with Crippen LogP contribution in [0.15, 0.2) is 0 Å². The highest BCUT2D eigenvalue weighted by molar-refractivity contribution is 14.1. The molecule has 0 aliphatic carbocycles. The summed E-state index contributed by atoms with van der Waals surface area (Å²) < 4.78 is 0.550. The van der Waals surface area contributed by atoms with E-state index in [0.717, 1.165) is 0 Å². The van der Waals surface area contributed by atoms with Gasteiger partial charge in [0.15, 0.2) is 0 Å². The molecule has 3 heteroatoms. The lowest BCUT2D eigenvalue weighted by Gasteiger charge is -1.69. The minimum atomic E-state index is 0.0469. The lowest BCUT2D eigenvalue weighted by molar-refractivity contribution is -0.109. The van der Waals surface area contributed by atoms with Crippen LogP contribution in [0.5, 0.6) is 0 Å². The van der Waals surface area contributed by atoms with Crippen LogP contribution in [-0.4, -0.2) is 20.1 Å². The number of carbonyl (C=O) groups is 1. The molecule has 27 valence electrons. The van der Waals surface area contributed by atoms with Crippen LogP contribution in [0.2, 0.25) is 0 Å². The minimum Gasteiger partial charge on any atom is -0.306 e. The molecule has 0 atom stereocenters. The Morgan fingerprint density at radius 3 is 2.20 bits per heavy atom. The lowest BCUT2D eigenvalue weighted by atomic mass is 10.9. The van der Waals surface area contributed by atoms with E-state index in [0.29, 0.717) is 4.43 Å². The predicted molar refractivity (Wildman–Crippen MR) is 29.6 cm³/mol. The highest BCUT2D eigenvalue weighted by Gasteiger charge is 1.79. The molecule has 0 saturated carbocycles. The molecule has 0 bridgehead atoms. The second-order valence-electron chi connectivity index (χ2n) is 0.557. The largest absolute Gasteiger partial charge is 0.306 e. The summed E-state index contributed by atoms with van der Waals surface area (Å²) in [6.45, 7) is 0. The number of alkyl halides is 1. The molecule has 0 aromatic rings. The van der Waals surface area contributed by atoms with Crippen molar-refractivity contribution in [1.82, 2.24) is 0 Å². The second-order valence-corrected chi connectivity index (χ2v) is 1.88. The first kappa shape index (κ1) is 5.62. The molecule has 0 N–H and O–H groups in total. The molecule has 0 aliphatic rings. The Kier molecular flexibility index (Phi) is 3.18. The van der Waals surface area contributed by atoms with Crippen LogP contribution < -0.4 is 0 Å². The van der Waals surface area contributed by atoms with Crippen LogP contribution in [0.25, 0.3) is 0 Å². The second kappa shape index (κ2) is 2.83. The Morgan fingerprint density at radius 1 is 2.00 bits per heavy atom. The summed E-state index contributed by atoms with van der Waals surface area (Å²) in [4.78, 5) is 9.72. The van der Waals surface area contributed by atoms with Gasteiger partial charge in [-0.1, -0.05) is 22.6 Å². The van der Waals surface area contributed by atoms with Crippen LogP contribution in [-0.2, 0) is 4.79 Å². The number of hydrogen-bond acceptors (Lipinski definition) is 1. The minimum absolute atomic E-state index is 0.0469. The summed E-state index contributed by atoms with van der Waals surface area (Å²) in [5.41, 5.74) is 0. The van der Waals surface area contributed by atoms with Crippen LogP contribution in [0.3, 0.4) is 0 Å². The highest BCUT2D eigenvalue weighted by Crippen LogP contribution is 1.74. The molecule has 0 rings (SSSR count). The maximum atomic E-state index is 9.72. The highest BCUT2D eigenvalue weighted by atomic mass is 127. The zero-order valence-corrected chi connectivity index (χ0v) is 5.65. The topological polar surface area (TPSA) is 17.1 Å². The number of carbonyl (C=O) groups excluding carboxylic acids is 1. The van der Waals surface area contributed by atoms with Crippen LogP contribution in [0, 0.1) is 0 Å². The van der Waals surface area contributed by atoms with E-state index in [2.05, 4.69) is 10.2 Å². The smallest absolute Gasteiger partial charge is 0.127 e. The quantitative estimate of drug-likeness (QED) is 0.331. The fourth-order valence-electron chi connectivity index (χ4n) is 0. The van der Waals surface area contributed by atoms with Crippen molar-refractivity contribution in [3.63, 3.8) is 0 Å². The van der Waals surface area contributed by atoms with Crippen LogP contribution in [0.1, 0.15) is 0 Å². The van der Waals surface area contributed by atoms with Crippen molar-refractivity contribution in [2.24, 2.45) is 0 Å². The molecule has 0 heterocycles. The monoisotopic (exact) mass is 197 g/mol. The van der Waals surface area contributed by atoms with Crippen molar-refractivity contribution in [1.29, 1.82) is 0 Å². The third-order valence-electron chi connectivity index (χ3n) is 0.121. The van der Waals surface area contributed by atoms with Gasteiger partial charge in [-0.15, -0.1) is 0 Å². The lowest BCUT2D eigenvalue weighted by Crippen LogP contribution is -1.93. The SMILES string of the molecule is O=C([Si])CI. The van der Waals surface area contributed by atoms with Gasteiger partial charge in [-0.3, -0.25) is 0 Å². The zero-order chi connectivity index (χ0) is 4.28. The molecule has 0 aromatic carbocycles. The molecule has 0 amide bonds. The van der Waals surface area contributed by atoms with E-state index in [1.54, 1.807) is 0 Å². The first-order valence-corrected chi connectivity index (χ1v) is 3.10. The Labute approximate surface area is 47.7 Å². The van der Waals surface area contributed by atoms with E-state index in [9.17, 15) is 4.79 Å². The van der Waals surface area contributed by atoms with E-state index in [4.69, 9.17) is 0 Å². The van der Waals surface area contributed by atoms with E-state index in [-0.39, 0.29) is 5.41 Å². The summed E-state index contributed by atoms with van der Waals surface area (Å²) in [5, 5.41) is 0.0469. The Balaban J connectivity index is 2.85. The molecular weight excluding hydrogens is 195 g/mol. The molecular formula is C2H2IOSi. The first-order valence-electron chi connectivity index (χ1n) is 1.07. The van der Waals surface area contributed by atoms with Gasteiger partial charge in [0.2, 0.25) is 0 Å². The normalized spacial score (nSPS) is 7.60. The van der Waals surface area contributed by atoms with Crippen molar-refractivity contribution < 1.29 is 4.79 Å². The summed E-state index contributed by atoms with van der Waals surface area (Å²) in [6.07, 6.45) is 0. The average molecular weight is 197 g/mol. The summed E-state index contributed by atoms with van der Waals surface area (Å²) in [6, 6.07) is 0. The van der Waals surface area contributed by atoms with Gasteiger partial charge in [0.25, 0.3) is 0 Å². The molecule has 0 fully saturated rings. The predicted octanol–water partition coefficient (Wildman–Crippen LogP) is 0.116. The summed E-state index contributed by atoms with van der Waals surface area (Å²) in [5.74, 6) is 0. The van der Waals surface area contributed by atoms with E-state index in [1.807, 2.05) is 22.6 Å². The van der Waals surface area contributed by atoms with Crippen molar-refractivity contribution >= 4 is 38.2 Å². The van der Waals surface area contributed by atoms with Gasteiger partial charge in [0.05, 0.1) is 4.43 Å². The first-order chi connectivity index (χ1) is 2.27. The van der Waals surface area contributed by atoms with Crippen LogP contribution in [0.4, 0.5) is 0 Å². The van der Waals surface area contributed by atoms with Gasteiger partial charge in [-0.2, -0.15) is 0 Å². The fraction of sp³-hybridized carbons (Fsp3) is 0.500. The molecule has 5 heavy (non-hydrogen) atoms. The molecule has 0 unspecified atom stereocenters. The van der Waals surface area contributed by atoms with Crippen LogP contribution >= 0.6 is 22.6 Å². The summed E-state index contributed by atoms with van der Waals surface area (Å²) >= 11 is 1.98. The third kappa shape index (κ3) is 4.62. The Hall–Kier alpha value is 0.617. The summed E-state index contributed by atoms with van der Waals surface area (Å²) in [7, 11) is 2.77. The van der Waals surface area contributed by atoms with Gasteiger partial charge in [-0.25, -0.2) is 0 Å². The van der Waals surface area contributed by atoms with E-state index < -0.39 is 0 Å². The van der Waals surface area contributed by atoms with Gasteiger partial charge < -0.3 is 4.79 Å². The number of halogens is 1. The molecule has 3 radical (unpaired) electrons. The van der Waals surface area contributed by atoms with Gasteiger partial charge in [0.1, 0.15) is 15.6 Å². The molecule has 0 spiro atoms. The molecule has 0 saturated heterocycles. The maximum absolute atomic E-state index is 9.72. The third-order valence-corrected chi connectivity index (χ3v) is 1.71. The van der Waals surface area contributed by atoms with Crippen molar-refractivity contribution in [3.05, 3.63) is 0 Å². The zero-order valence-electron chi connectivity index (χ0n) is 2.49. The number of hydrogen-bond donors (Lipinski definition) is 0. The fourth-order valence-corrected chi connectivity index (χ4v) is 0. The molecule has 0 aromatic heterocycles. The molecule has 0 aliphatic heterocycles. The Morgan fingerprint density at radius 2 is 2.20 bits per heavy atom. The van der Waals surface area contributed by atoms with E-state index in [1.165, 1.54) is 0 Å². The average Bonchev–Trinajstić information content (AvgIpc) is 1.38.